The first-order valence-electron chi connectivity index (χ1n) is 17.2. The quantitative estimate of drug-likeness (QED) is 0.171. The van der Waals surface area contributed by atoms with Crippen LogP contribution < -0.4 is 4.90 Å². The van der Waals surface area contributed by atoms with E-state index in [1.54, 1.807) is 0 Å². The minimum atomic E-state index is 0.632. The molecule has 0 spiro atoms. The van der Waals surface area contributed by atoms with Gasteiger partial charge in [0.25, 0.3) is 0 Å². The zero-order valence-corrected chi connectivity index (χ0v) is 28.2. The molecular weight excluding hydrogens is 641 g/mol. The number of hydrogen-bond acceptors (Lipinski definition) is 4. The van der Waals surface area contributed by atoms with Crippen LogP contribution in [-0.4, -0.2) is 4.98 Å². The summed E-state index contributed by atoms with van der Waals surface area (Å²) < 4.78 is 9.24. The van der Waals surface area contributed by atoms with E-state index in [-0.39, 0.29) is 0 Å². The molecule has 0 saturated carbocycles. The first-order chi connectivity index (χ1) is 25.3. The number of fused-ring (bicyclic) bond motifs is 8. The molecule has 0 radical (unpaired) electrons. The van der Waals surface area contributed by atoms with Crippen molar-refractivity contribution in [2.24, 2.45) is 0 Å². The molecule has 1 aliphatic rings. The van der Waals surface area contributed by atoms with E-state index < -0.39 is 0 Å². The summed E-state index contributed by atoms with van der Waals surface area (Å²) in [6.07, 6.45) is 0. The zero-order chi connectivity index (χ0) is 33.5. The van der Waals surface area contributed by atoms with E-state index in [1.807, 2.05) is 29.5 Å². The lowest BCUT2D eigenvalue weighted by atomic mass is 9.93. The van der Waals surface area contributed by atoms with Gasteiger partial charge < -0.3 is 9.32 Å². The molecule has 0 N–H and O–H groups in total. The fourth-order valence-corrected chi connectivity index (χ4v) is 9.09. The van der Waals surface area contributed by atoms with Gasteiger partial charge in [0.05, 0.1) is 5.69 Å². The van der Waals surface area contributed by atoms with E-state index in [4.69, 9.17) is 9.40 Å². The van der Waals surface area contributed by atoms with E-state index in [1.165, 1.54) is 47.5 Å². The molecule has 0 bridgehead atoms. The van der Waals surface area contributed by atoms with Crippen molar-refractivity contribution in [3.05, 3.63) is 170 Å². The number of nitrogens with zero attached hydrogens (tertiary/aromatic N) is 2. The Kier molecular flexibility index (Phi) is 6.12. The first-order valence-corrected chi connectivity index (χ1v) is 18.0. The van der Waals surface area contributed by atoms with Crippen molar-refractivity contribution < 1.29 is 4.42 Å². The van der Waals surface area contributed by atoms with Gasteiger partial charge in [0, 0.05) is 59.0 Å². The number of oxazole rings is 1. The number of rotatable bonds is 5. The lowest BCUT2D eigenvalue weighted by Gasteiger charge is -2.29. The molecule has 2 aromatic heterocycles. The molecule has 11 rings (SSSR count). The zero-order valence-electron chi connectivity index (χ0n) is 27.4. The van der Waals surface area contributed by atoms with Crippen molar-refractivity contribution in [2.75, 3.05) is 4.90 Å². The van der Waals surface area contributed by atoms with Gasteiger partial charge in [-0.1, -0.05) is 127 Å². The molecule has 51 heavy (non-hydrogen) atoms. The number of hydrogen-bond donors (Lipinski definition) is 0. The highest BCUT2D eigenvalue weighted by molar-refractivity contribution is 7.25. The van der Waals surface area contributed by atoms with Gasteiger partial charge in [-0.3, -0.25) is 0 Å². The van der Waals surface area contributed by atoms with Crippen LogP contribution in [0, 0.1) is 0 Å². The molecule has 0 aliphatic heterocycles. The molecule has 4 heteroatoms. The SMILES string of the molecule is c1ccc(-c2ccc(N(c3ccc4c(c3)sc3ccccc34)c3c4c5c(cccc5c5ccccc35)-c3oc(-c5ccccc5)nc3-4)cc2)cc1. The van der Waals surface area contributed by atoms with Gasteiger partial charge >= 0.3 is 0 Å². The van der Waals surface area contributed by atoms with Gasteiger partial charge in [-0.05, 0) is 64.4 Å². The van der Waals surface area contributed by atoms with Gasteiger partial charge in [-0.15, -0.1) is 11.3 Å². The van der Waals surface area contributed by atoms with Crippen LogP contribution in [0.1, 0.15) is 0 Å². The fourth-order valence-electron chi connectivity index (χ4n) is 7.95. The maximum absolute atomic E-state index is 6.69. The van der Waals surface area contributed by atoms with E-state index in [9.17, 15) is 0 Å². The molecule has 2 heterocycles. The molecule has 0 saturated heterocycles. The lowest BCUT2D eigenvalue weighted by Crippen LogP contribution is -2.12. The summed E-state index contributed by atoms with van der Waals surface area (Å²) in [5.74, 6) is 1.46. The monoisotopic (exact) mass is 668 g/mol. The van der Waals surface area contributed by atoms with Crippen molar-refractivity contribution in [3.63, 3.8) is 0 Å². The highest BCUT2D eigenvalue weighted by Gasteiger charge is 2.34. The van der Waals surface area contributed by atoms with E-state index in [2.05, 4.69) is 157 Å². The van der Waals surface area contributed by atoms with Crippen molar-refractivity contribution in [1.29, 1.82) is 0 Å². The predicted octanol–water partition coefficient (Wildman–Crippen LogP) is 13.8. The summed E-state index contributed by atoms with van der Waals surface area (Å²) in [6, 6.07) is 60.7. The summed E-state index contributed by atoms with van der Waals surface area (Å²) in [4.78, 5) is 7.72. The number of anilines is 3. The second kappa shape index (κ2) is 11.0. The fraction of sp³-hybridized carbons (Fsp3) is 0. The van der Waals surface area contributed by atoms with Crippen molar-refractivity contribution in [2.45, 2.75) is 0 Å². The van der Waals surface area contributed by atoms with Crippen LogP contribution in [-0.2, 0) is 0 Å². The summed E-state index contributed by atoms with van der Waals surface area (Å²) in [5, 5.41) is 7.33. The molecule has 10 aromatic rings. The number of aromatic nitrogens is 1. The predicted molar refractivity (Wildman–Crippen MR) is 214 cm³/mol. The summed E-state index contributed by atoms with van der Waals surface area (Å²) in [7, 11) is 0. The third kappa shape index (κ3) is 4.27. The molecule has 0 fully saturated rings. The Balaban J connectivity index is 1.23. The first kappa shape index (κ1) is 28.4. The summed E-state index contributed by atoms with van der Waals surface area (Å²) in [6.45, 7) is 0. The molecule has 0 atom stereocenters. The van der Waals surface area contributed by atoms with E-state index in [0.717, 1.165) is 50.6 Å². The van der Waals surface area contributed by atoms with E-state index in [0.29, 0.717) is 5.89 Å². The highest BCUT2D eigenvalue weighted by atomic mass is 32.1. The Morgan fingerprint density at radius 1 is 0.471 bits per heavy atom. The van der Waals surface area contributed by atoms with Crippen LogP contribution in [0.3, 0.4) is 0 Å². The lowest BCUT2D eigenvalue weighted by molar-refractivity contribution is 0.590. The molecule has 0 amide bonds. The smallest absolute Gasteiger partial charge is 0.227 e. The standard InChI is InChI=1S/C47H28N2OS/c1-3-12-29(13-4-1)30-22-24-32(25-23-30)49(33-26-27-36-35-17-9-10-21-40(35)51-41(36)28-33)45-38-18-8-7-16-34(38)37-19-11-20-39-42(37)43(45)44-46(39)50-47(48-44)31-14-5-2-6-15-31/h1-28H. The van der Waals surface area contributed by atoms with Crippen molar-refractivity contribution in [1.82, 2.24) is 4.98 Å². The molecule has 238 valence electrons. The molecule has 0 unspecified atom stereocenters. The van der Waals surface area contributed by atoms with Gasteiger partial charge in [0.15, 0.2) is 5.76 Å². The third-order valence-electron chi connectivity index (χ3n) is 10.2. The van der Waals surface area contributed by atoms with Crippen LogP contribution in [0.4, 0.5) is 17.1 Å². The Bertz CT molecular complexity index is 2960. The molecular formula is C47H28N2OS. The average molecular weight is 669 g/mol. The Hall–Kier alpha value is -6.49. The van der Waals surface area contributed by atoms with Gasteiger partial charge in [0.2, 0.25) is 5.89 Å². The second-order valence-electron chi connectivity index (χ2n) is 13.1. The second-order valence-corrected chi connectivity index (χ2v) is 14.2. The third-order valence-corrected chi connectivity index (χ3v) is 11.4. The maximum atomic E-state index is 6.69. The van der Waals surface area contributed by atoms with Crippen molar-refractivity contribution in [3.8, 4) is 45.2 Å². The molecule has 8 aromatic carbocycles. The Morgan fingerprint density at radius 2 is 1.10 bits per heavy atom. The minimum absolute atomic E-state index is 0.632. The largest absolute Gasteiger partial charge is 0.435 e. The molecule has 1 aliphatic carbocycles. The van der Waals surface area contributed by atoms with Crippen LogP contribution in [0.2, 0.25) is 0 Å². The van der Waals surface area contributed by atoms with Crippen LogP contribution in [0.25, 0.3) is 86.9 Å². The maximum Gasteiger partial charge on any atom is 0.227 e. The minimum Gasteiger partial charge on any atom is -0.435 e. The van der Waals surface area contributed by atoms with E-state index >= 15 is 0 Å². The summed E-state index contributed by atoms with van der Waals surface area (Å²) >= 11 is 1.85. The van der Waals surface area contributed by atoms with Crippen molar-refractivity contribution >= 4 is 70.1 Å². The summed E-state index contributed by atoms with van der Waals surface area (Å²) in [5.41, 5.74) is 9.69. The topological polar surface area (TPSA) is 29.3 Å². The molecule has 3 nitrogen and oxygen atoms in total. The Morgan fingerprint density at radius 3 is 1.90 bits per heavy atom. The van der Waals surface area contributed by atoms with Crippen LogP contribution >= 0.6 is 11.3 Å². The number of thiophene rings is 1. The Labute approximate surface area is 298 Å². The number of benzene rings is 8. The van der Waals surface area contributed by atoms with Gasteiger partial charge in [0.1, 0.15) is 5.69 Å². The highest BCUT2D eigenvalue weighted by Crippen LogP contribution is 2.57. The normalized spacial score (nSPS) is 11.9. The van der Waals surface area contributed by atoms with Crippen LogP contribution in [0.5, 0.6) is 0 Å². The average Bonchev–Trinajstić information content (AvgIpc) is 3.89. The van der Waals surface area contributed by atoms with Gasteiger partial charge in [-0.25, -0.2) is 4.98 Å². The van der Waals surface area contributed by atoms with Gasteiger partial charge in [-0.2, -0.15) is 0 Å². The van der Waals surface area contributed by atoms with Crippen LogP contribution in [0.15, 0.2) is 174 Å².